The van der Waals surface area contributed by atoms with Crippen LogP contribution in [0.5, 0.6) is 0 Å². The van der Waals surface area contributed by atoms with E-state index in [9.17, 15) is 9.59 Å². The normalized spacial score (nSPS) is 24.8. The largest absolute Gasteiger partial charge is 0.339 e. The van der Waals surface area contributed by atoms with Gasteiger partial charge in [0.25, 0.3) is 0 Å². The minimum absolute atomic E-state index is 0.0227. The monoisotopic (exact) mass is 398 g/mol. The van der Waals surface area contributed by atoms with Crippen molar-refractivity contribution in [3.05, 3.63) is 47.0 Å². The molecule has 2 fully saturated rings. The van der Waals surface area contributed by atoms with Crippen LogP contribution in [0, 0.1) is 12.8 Å². The molecule has 28 heavy (non-hydrogen) atoms. The van der Waals surface area contributed by atoms with Crippen molar-refractivity contribution in [2.45, 2.75) is 32.2 Å². The summed E-state index contributed by atoms with van der Waals surface area (Å²) in [5, 5.41) is 3.56. The summed E-state index contributed by atoms with van der Waals surface area (Å²) in [6.07, 6.45) is 2.68. The van der Waals surface area contributed by atoms with Crippen molar-refractivity contribution in [1.29, 1.82) is 0 Å². The van der Waals surface area contributed by atoms with Gasteiger partial charge in [-0.1, -0.05) is 30.3 Å². The minimum Gasteiger partial charge on any atom is -0.339 e. The average molecular weight is 399 g/mol. The zero-order valence-corrected chi connectivity index (χ0v) is 17.1. The molecule has 2 amide bonds. The fraction of sp³-hybridized carbons (Fsp3) is 0.476. The van der Waals surface area contributed by atoms with E-state index in [4.69, 9.17) is 0 Å². The molecule has 1 N–H and O–H groups in total. The van der Waals surface area contributed by atoms with Crippen LogP contribution in [0.1, 0.15) is 29.7 Å². The first kappa shape index (κ1) is 19.1. The van der Waals surface area contributed by atoms with Crippen LogP contribution >= 0.6 is 11.3 Å². The molecule has 3 atom stereocenters. The number of nitrogens with zero attached hydrogens (tertiary/aromatic N) is 3. The van der Waals surface area contributed by atoms with E-state index in [0.717, 1.165) is 30.9 Å². The van der Waals surface area contributed by atoms with Gasteiger partial charge in [0.1, 0.15) is 0 Å². The van der Waals surface area contributed by atoms with Gasteiger partial charge in [-0.3, -0.25) is 14.5 Å². The number of hydrogen-bond donors (Lipinski definition) is 1. The summed E-state index contributed by atoms with van der Waals surface area (Å²) >= 11 is 1.49. The van der Waals surface area contributed by atoms with Gasteiger partial charge in [0.15, 0.2) is 5.13 Å². The lowest BCUT2D eigenvalue weighted by atomic mass is 9.82. The maximum Gasteiger partial charge on any atom is 0.240 e. The van der Waals surface area contributed by atoms with Crippen LogP contribution in [0.4, 0.5) is 5.13 Å². The number of benzene rings is 1. The Morgan fingerprint density at radius 1 is 1.25 bits per heavy atom. The fourth-order valence-electron chi connectivity index (χ4n) is 4.64. The Hall–Kier alpha value is -2.25. The molecular weight excluding hydrogens is 372 g/mol. The number of thiazole rings is 1. The summed E-state index contributed by atoms with van der Waals surface area (Å²) in [7, 11) is 0. The Bertz CT molecular complexity index is 853. The van der Waals surface area contributed by atoms with Crippen molar-refractivity contribution in [3.8, 4) is 0 Å². The molecular formula is C21H26N4O2S. The van der Waals surface area contributed by atoms with Crippen molar-refractivity contribution in [2.75, 3.05) is 31.5 Å². The van der Waals surface area contributed by atoms with Crippen LogP contribution in [0.15, 0.2) is 36.5 Å². The molecule has 1 aromatic carbocycles. The third-order valence-electron chi connectivity index (χ3n) is 5.88. The van der Waals surface area contributed by atoms with E-state index < -0.39 is 0 Å². The number of hydrogen-bond acceptors (Lipinski definition) is 5. The predicted molar refractivity (Wildman–Crippen MR) is 110 cm³/mol. The second-order valence-corrected chi connectivity index (χ2v) is 9.00. The van der Waals surface area contributed by atoms with Crippen LogP contribution in [-0.2, 0) is 9.59 Å². The second kappa shape index (κ2) is 8.01. The number of likely N-dealkylation sites (tertiary alicyclic amines) is 2. The predicted octanol–water partition coefficient (Wildman–Crippen LogP) is 2.73. The summed E-state index contributed by atoms with van der Waals surface area (Å²) < 4.78 is 0. The molecule has 0 spiro atoms. The molecule has 0 aliphatic carbocycles. The second-order valence-electron chi connectivity index (χ2n) is 7.77. The van der Waals surface area contributed by atoms with Gasteiger partial charge in [-0.25, -0.2) is 4.98 Å². The number of anilines is 1. The van der Waals surface area contributed by atoms with Gasteiger partial charge in [-0.2, -0.15) is 0 Å². The van der Waals surface area contributed by atoms with Gasteiger partial charge in [-0.05, 0) is 18.9 Å². The molecule has 148 valence electrons. The number of piperidine rings is 1. The van der Waals surface area contributed by atoms with Crippen LogP contribution in [0.25, 0.3) is 0 Å². The molecule has 0 unspecified atom stereocenters. The van der Waals surface area contributed by atoms with E-state index in [2.05, 4.69) is 39.5 Å². The quantitative estimate of drug-likeness (QED) is 0.860. The number of rotatable bonds is 4. The van der Waals surface area contributed by atoms with Gasteiger partial charge in [0, 0.05) is 55.5 Å². The van der Waals surface area contributed by atoms with Crippen molar-refractivity contribution >= 4 is 28.3 Å². The number of nitrogens with one attached hydrogen (secondary N) is 1. The van der Waals surface area contributed by atoms with Crippen LogP contribution < -0.4 is 5.32 Å². The average Bonchev–Trinajstić information content (AvgIpc) is 3.25. The summed E-state index contributed by atoms with van der Waals surface area (Å²) in [5.41, 5.74) is 1.28. The molecule has 2 aromatic rings. The Morgan fingerprint density at radius 3 is 2.71 bits per heavy atom. The highest BCUT2D eigenvalue weighted by molar-refractivity contribution is 7.15. The van der Waals surface area contributed by atoms with Gasteiger partial charge >= 0.3 is 0 Å². The lowest BCUT2D eigenvalue weighted by Crippen LogP contribution is -2.49. The van der Waals surface area contributed by atoms with Gasteiger partial charge in [0.2, 0.25) is 11.8 Å². The number of aryl methyl sites for hydroxylation is 1. The molecule has 0 bridgehead atoms. The van der Waals surface area contributed by atoms with E-state index in [1.807, 2.05) is 17.9 Å². The highest BCUT2D eigenvalue weighted by Crippen LogP contribution is 2.41. The SMILES string of the molecule is CC(=O)N1C[C@H](c2ccccc2)[C@H]2CN(CC(=O)Nc3ncc(C)s3)CC[C@H]21. The Labute approximate surface area is 169 Å². The number of amides is 2. The first-order valence-electron chi connectivity index (χ1n) is 9.78. The molecule has 2 aliphatic rings. The third-order valence-corrected chi connectivity index (χ3v) is 6.71. The molecule has 2 saturated heterocycles. The Balaban J connectivity index is 1.45. The van der Waals surface area contributed by atoms with Crippen molar-refractivity contribution in [3.63, 3.8) is 0 Å². The number of carbonyl (C=O) groups excluding carboxylic acids is 2. The van der Waals surface area contributed by atoms with E-state index >= 15 is 0 Å². The fourth-order valence-corrected chi connectivity index (χ4v) is 5.32. The number of aromatic nitrogens is 1. The zero-order chi connectivity index (χ0) is 19.7. The highest BCUT2D eigenvalue weighted by atomic mass is 32.1. The summed E-state index contributed by atoms with van der Waals surface area (Å²) in [4.78, 5) is 34.2. The molecule has 1 aromatic heterocycles. The first-order valence-corrected chi connectivity index (χ1v) is 10.6. The van der Waals surface area contributed by atoms with Crippen molar-refractivity contribution in [2.24, 2.45) is 5.92 Å². The number of carbonyl (C=O) groups is 2. The van der Waals surface area contributed by atoms with E-state index in [1.54, 1.807) is 13.1 Å². The summed E-state index contributed by atoms with van der Waals surface area (Å²) in [6, 6.07) is 10.7. The zero-order valence-electron chi connectivity index (χ0n) is 16.3. The summed E-state index contributed by atoms with van der Waals surface area (Å²) in [6.45, 7) is 6.44. The van der Waals surface area contributed by atoms with Crippen molar-refractivity contribution < 1.29 is 9.59 Å². The van der Waals surface area contributed by atoms with Crippen LogP contribution in [-0.4, -0.2) is 58.8 Å². The molecule has 2 aliphatic heterocycles. The Kier molecular flexibility index (Phi) is 5.46. The van der Waals surface area contributed by atoms with Crippen LogP contribution in [0.3, 0.4) is 0 Å². The molecule has 0 saturated carbocycles. The Morgan fingerprint density at radius 2 is 2.04 bits per heavy atom. The van der Waals surface area contributed by atoms with Crippen molar-refractivity contribution in [1.82, 2.24) is 14.8 Å². The highest BCUT2D eigenvalue weighted by Gasteiger charge is 2.46. The lowest BCUT2D eigenvalue weighted by molar-refractivity contribution is -0.131. The van der Waals surface area contributed by atoms with E-state index in [1.165, 1.54) is 16.9 Å². The minimum atomic E-state index is -0.0227. The summed E-state index contributed by atoms with van der Waals surface area (Å²) in [5.74, 6) is 0.807. The van der Waals surface area contributed by atoms with Gasteiger partial charge < -0.3 is 10.2 Å². The number of fused-ring (bicyclic) bond motifs is 1. The van der Waals surface area contributed by atoms with Crippen LogP contribution in [0.2, 0.25) is 0 Å². The van der Waals surface area contributed by atoms with E-state index in [0.29, 0.717) is 23.5 Å². The standard InChI is InChI=1S/C21H26N4O2S/c1-14-10-22-21(28-14)23-20(27)13-24-9-8-19-18(11-24)17(12-25(19)15(2)26)16-6-4-3-5-7-16/h3-7,10,17-19H,8-9,11-13H2,1-2H3,(H,22,23,27)/t17-,18-,19-/m1/s1. The first-order chi connectivity index (χ1) is 13.5. The molecule has 3 heterocycles. The third kappa shape index (κ3) is 3.95. The smallest absolute Gasteiger partial charge is 0.240 e. The molecule has 0 radical (unpaired) electrons. The maximum atomic E-state index is 12.5. The molecule has 7 heteroatoms. The van der Waals surface area contributed by atoms with Gasteiger partial charge in [0.05, 0.1) is 6.54 Å². The molecule has 6 nitrogen and oxygen atoms in total. The maximum absolute atomic E-state index is 12.5. The molecule has 4 rings (SSSR count). The lowest BCUT2D eigenvalue weighted by Gasteiger charge is -2.38. The van der Waals surface area contributed by atoms with E-state index in [-0.39, 0.29) is 17.9 Å². The van der Waals surface area contributed by atoms with Gasteiger partial charge in [-0.15, -0.1) is 11.3 Å². The topological polar surface area (TPSA) is 65.5 Å².